The van der Waals surface area contributed by atoms with E-state index in [9.17, 15) is 9.59 Å². The molecule has 0 spiro atoms. The summed E-state index contributed by atoms with van der Waals surface area (Å²) in [7, 11) is 0. The zero-order valence-corrected chi connectivity index (χ0v) is 8.28. The topological polar surface area (TPSA) is 65.0 Å². The van der Waals surface area contributed by atoms with Crippen LogP contribution in [0.3, 0.4) is 0 Å². The van der Waals surface area contributed by atoms with Gasteiger partial charge in [-0.1, -0.05) is 6.58 Å². The van der Waals surface area contributed by atoms with Crippen LogP contribution < -0.4 is 0 Å². The number of rotatable bonds is 6. The summed E-state index contributed by atoms with van der Waals surface area (Å²) in [6.07, 6.45) is 0.375. The van der Waals surface area contributed by atoms with E-state index in [1.54, 1.807) is 6.92 Å². The molecule has 0 saturated heterocycles. The van der Waals surface area contributed by atoms with Crippen LogP contribution in [0.15, 0.2) is 17.1 Å². The van der Waals surface area contributed by atoms with E-state index >= 15 is 0 Å². The van der Waals surface area contributed by atoms with Gasteiger partial charge in [-0.05, 0) is 13.8 Å². The van der Waals surface area contributed by atoms with Gasteiger partial charge in [-0.25, -0.2) is 9.59 Å². The largest absolute Gasteiger partial charge is 0.433 e. The maximum Gasteiger partial charge on any atom is 0.335 e. The van der Waals surface area contributed by atoms with Crippen LogP contribution in [0.1, 0.15) is 13.8 Å². The van der Waals surface area contributed by atoms with Crippen molar-refractivity contribution in [1.82, 2.24) is 0 Å². The summed E-state index contributed by atoms with van der Waals surface area (Å²) in [4.78, 5) is 24.3. The normalized spacial score (nSPS) is 11.3. The van der Waals surface area contributed by atoms with Gasteiger partial charge in [-0.15, -0.1) is 0 Å². The van der Waals surface area contributed by atoms with Crippen LogP contribution >= 0.6 is 0 Å². The minimum Gasteiger partial charge on any atom is -0.433 e. The molecule has 0 aliphatic carbocycles. The molecule has 78 valence electrons. The summed E-state index contributed by atoms with van der Waals surface area (Å²) in [6.45, 7) is 7.18. The molecule has 0 rings (SSSR count). The molecule has 0 saturated carbocycles. The van der Waals surface area contributed by atoms with Crippen LogP contribution in [-0.4, -0.2) is 31.5 Å². The van der Waals surface area contributed by atoms with Crippen LogP contribution in [0.5, 0.6) is 0 Å². The minimum absolute atomic E-state index is 0.0464. The van der Waals surface area contributed by atoms with E-state index in [0.717, 1.165) is 0 Å². The van der Waals surface area contributed by atoms with E-state index in [0.29, 0.717) is 6.61 Å². The van der Waals surface area contributed by atoms with Crippen LogP contribution in [0.25, 0.3) is 0 Å². The molecule has 1 atom stereocenters. The fourth-order valence-electron chi connectivity index (χ4n) is 0.599. The Kier molecular flexibility index (Phi) is 6.28. The van der Waals surface area contributed by atoms with Crippen molar-refractivity contribution in [3.8, 4) is 0 Å². The van der Waals surface area contributed by atoms with Crippen LogP contribution in [0.2, 0.25) is 0 Å². The van der Waals surface area contributed by atoms with E-state index in [1.165, 1.54) is 13.0 Å². The van der Waals surface area contributed by atoms with E-state index in [4.69, 9.17) is 9.47 Å². The highest BCUT2D eigenvalue weighted by Crippen LogP contribution is 2.00. The van der Waals surface area contributed by atoms with Crippen molar-refractivity contribution in [2.45, 2.75) is 20.1 Å². The molecule has 0 bridgehead atoms. The lowest BCUT2D eigenvalue weighted by molar-refractivity contribution is -0.146. The number of esters is 1. The van der Waals surface area contributed by atoms with Crippen molar-refractivity contribution in [2.24, 2.45) is 4.99 Å². The Morgan fingerprint density at radius 3 is 2.71 bits per heavy atom. The maximum absolute atomic E-state index is 11.0. The molecular formula is C9H13NO4. The predicted octanol–water partition coefficient (Wildman–Crippen LogP) is 0.804. The number of hydrogen-bond acceptors (Lipinski definition) is 5. The number of ether oxygens (including phenoxy) is 2. The molecular weight excluding hydrogens is 186 g/mol. The van der Waals surface area contributed by atoms with Crippen LogP contribution in [0.4, 0.5) is 0 Å². The van der Waals surface area contributed by atoms with Gasteiger partial charge in [-0.3, -0.25) is 0 Å². The number of aliphatic imine (C=N–C) groups is 1. The van der Waals surface area contributed by atoms with Crippen LogP contribution in [-0.2, 0) is 19.1 Å². The van der Waals surface area contributed by atoms with Gasteiger partial charge in [0.2, 0.25) is 12.3 Å². The van der Waals surface area contributed by atoms with Crippen molar-refractivity contribution >= 4 is 12.0 Å². The van der Waals surface area contributed by atoms with E-state index in [2.05, 4.69) is 11.6 Å². The molecule has 14 heavy (non-hydrogen) atoms. The summed E-state index contributed by atoms with van der Waals surface area (Å²) in [5.74, 6) is -0.603. The van der Waals surface area contributed by atoms with Gasteiger partial charge in [0.25, 0.3) is 0 Å². The molecule has 1 unspecified atom stereocenters. The highest BCUT2D eigenvalue weighted by Gasteiger charge is 2.13. The van der Waals surface area contributed by atoms with Gasteiger partial charge in [0.1, 0.15) is 6.61 Å². The Morgan fingerprint density at radius 1 is 1.64 bits per heavy atom. The van der Waals surface area contributed by atoms with Gasteiger partial charge in [-0.2, -0.15) is 4.99 Å². The molecule has 5 nitrogen and oxygen atoms in total. The van der Waals surface area contributed by atoms with Crippen molar-refractivity contribution < 1.29 is 19.1 Å². The van der Waals surface area contributed by atoms with Crippen molar-refractivity contribution in [1.29, 1.82) is 0 Å². The van der Waals surface area contributed by atoms with E-state index in [-0.39, 0.29) is 12.2 Å². The second-order valence-electron chi connectivity index (χ2n) is 2.52. The standard InChI is InChI=1S/C9H13NO4/c1-4-13-5-8(10-6-11)14-9(12)7(2)3/h8H,2,4-5H2,1,3H3. The Hall–Kier alpha value is -1.45. The third kappa shape index (κ3) is 5.24. The maximum atomic E-state index is 11.0. The van der Waals surface area contributed by atoms with Gasteiger partial charge in [0, 0.05) is 12.2 Å². The zero-order valence-electron chi connectivity index (χ0n) is 8.28. The zero-order chi connectivity index (χ0) is 11.0. The first-order valence-corrected chi connectivity index (χ1v) is 4.13. The molecule has 0 aromatic heterocycles. The molecule has 0 aliphatic rings. The lowest BCUT2D eigenvalue weighted by Crippen LogP contribution is -2.21. The summed E-state index contributed by atoms with van der Waals surface area (Å²) in [5, 5.41) is 0. The Bertz CT molecular complexity index is 256. The fourth-order valence-corrected chi connectivity index (χ4v) is 0.599. The van der Waals surface area contributed by atoms with Gasteiger partial charge in [0.05, 0.1) is 0 Å². The van der Waals surface area contributed by atoms with Crippen molar-refractivity contribution in [3.05, 3.63) is 12.2 Å². The molecule has 0 heterocycles. The van der Waals surface area contributed by atoms with E-state index in [1.807, 2.05) is 0 Å². The first-order valence-electron chi connectivity index (χ1n) is 4.13. The average molecular weight is 199 g/mol. The quantitative estimate of drug-likeness (QED) is 0.275. The van der Waals surface area contributed by atoms with Gasteiger partial charge >= 0.3 is 5.97 Å². The van der Waals surface area contributed by atoms with Gasteiger partial charge < -0.3 is 9.47 Å². The molecule has 5 heteroatoms. The minimum atomic E-state index is -0.934. The third-order valence-electron chi connectivity index (χ3n) is 1.25. The molecule has 0 fully saturated rings. The average Bonchev–Trinajstić information content (AvgIpc) is 2.14. The Labute approximate surface area is 82.4 Å². The highest BCUT2D eigenvalue weighted by molar-refractivity contribution is 5.87. The molecule has 0 aromatic carbocycles. The summed E-state index contributed by atoms with van der Waals surface area (Å²) >= 11 is 0. The molecule has 0 radical (unpaired) electrons. The third-order valence-corrected chi connectivity index (χ3v) is 1.25. The molecule has 0 amide bonds. The second kappa shape index (κ2) is 7.00. The van der Waals surface area contributed by atoms with Crippen LogP contribution in [0, 0.1) is 0 Å². The fraction of sp³-hybridized carbons (Fsp3) is 0.556. The lowest BCUT2D eigenvalue weighted by Gasteiger charge is -2.11. The summed E-state index contributed by atoms with van der Waals surface area (Å²) in [5.41, 5.74) is 0.243. The number of isocyanates is 1. The number of hydrogen-bond donors (Lipinski definition) is 0. The van der Waals surface area contributed by atoms with Crippen molar-refractivity contribution in [2.75, 3.05) is 13.2 Å². The summed E-state index contributed by atoms with van der Waals surface area (Å²) < 4.78 is 9.71. The molecule has 0 N–H and O–H groups in total. The number of nitrogens with zero attached hydrogens (tertiary/aromatic N) is 1. The monoisotopic (exact) mass is 199 g/mol. The highest BCUT2D eigenvalue weighted by atomic mass is 16.6. The Balaban J connectivity index is 4.15. The summed E-state index contributed by atoms with van der Waals surface area (Å²) in [6, 6.07) is 0. The first-order chi connectivity index (χ1) is 6.61. The first kappa shape index (κ1) is 12.6. The van der Waals surface area contributed by atoms with Crippen molar-refractivity contribution in [3.63, 3.8) is 0 Å². The number of carbonyl (C=O) groups is 1. The second-order valence-corrected chi connectivity index (χ2v) is 2.52. The molecule has 0 aliphatic heterocycles. The lowest BCUT2D eigenvalue weighted by atomic mass is 10.4. The predicted molar refractivity (Wildman–Crippen MR) is 49.3 cm³/mol. The molecule has 0 aromatic rings. The van der Waals surface area contributed by atoms with E-state index < -0.39 is 12.2 Å². The van der Waals surface area contributed by atoms with Gasteiger partial charge in [0.15, 0.2) is 0 Å². The Morgan fingerprint density at radius 2 is 2.29 bits per heavy atom. The SMILES string of the molecule is C=C(C)C(=O)OC(COCC)N=C=O. The number of carbonyl (C=O) groups excluding carboxylic acids is 2. The smallest absolute Gasteiger partial charge is 0.335 e.